The van der Waals surface area contributed by atoms with Crippen LogP contribution in [-0.2, 0) is 40.3 Å². The summed E-state index contributed by atoms with van der Waals surface area (Å²) >= 11 is 0.963. The van der Waals surface area contributed by atoms with E-state index in [2.05, 4.69) is 35.4 Å². The van der Waals surface area contributed by atoms with Crippen LogP contribution in [0.1, 0.15) is 49.9 Å². The summed E-state index contributed by atoms with van der Waals surface area (Å²) in [5.41, 5.74) is 8.91. The number of aliphatic hydroxyl groups is 1. The standard InChI is InChI=1S/C29H39N9O11S2/c1-28(2)22(24(41)38(28)49-51(44,45)46)36-23(40)21(18-13-50-26(31)35-18)37-48-29(3,25(42)43)20-7-5-15-8-14(4-6-19(15)47-20)16-10-32-27(33-11-16)34-12-17(39)9-30/h4,6,8,13,16-17,20,22,39H,5,7,9-12,30H2,1-3H3,(H2,31,35)(H,36,40)(H,42,43)(H2,32,33,34)(H,44,45,46)/b37-21+/t17-,20-,22-,29?/m1/s1. The van der Waals surface area contributed by atoms with Crippen molar-refractivity contribution < 1.29 is 51.4 Å². The summed E-state index contributed by atoms with van der Waals surface area (Å²) in [4.78, 5) is 52.9. The number of hydrogen-bond donors (Lipinski definition) is 8. The minimum absolute atomic E-state index is 0.0566. The van der Waals surface area contributed by atoms with E-state index in [1.807, 2.05) is 12.1 Å². The molecular formula is C29H39N9O11S2. The lowest BCUT2D eigenvalue weighted by Crippen LogP contribution is -2.76. The molecule has 0 aliphatic carbocycles. The quantitative estimate of drug-likeness (QED) is 0.0498. The zero-order valence-corrected chi connectivity index (χ0v) is 29.4. The molecule has 2 aromatic rings. The van der Waals surface area contributed by atoms with Gasteiger partial charge in [-0.15, -0.1) is 15.6 Å². The maximum atomic E-state index is 13.5. The number of carboxylic acid groups (broad SMARTS) is 1. The summed E-state index contributed by atoms with van der Waals surface area (Å²) in [6, 6.07) is 4.27. The van der Waals surface area contributed by atoms with E-state index in [1.165, 1.54) is 26.2 Å². The van der Waals surface area contributed by atoms with Crippen LogP contribution in [-0.4, -0.2) is 118 Å². The number of hydroxylamine groups is 2. The highest BCUT2D eigenvalue weighted by Gasteiger charge is 2.58. The number of aliphatic imine (C=N–C) groups is 1. The van der Waals surface area contributed by atoms with Gasteiger partial charge in [-0.2, -0.15) is 13.5 Å². The molecule has 5 atom stereocenters. The Morgan fingerprint density at radius 2 is 2.10 bits per heavy atom. The normalized spacial score (nSPS) is 23.3. The molecule has 22 heteroatoms. The summed E-state index contributed by atoms with van der Waals surface area (Å²) in [5, 5.41) is 34.3. The average Bonchev–Trinajstić information content (AvgIpc) is 3.52. The number of aliphatic carboxylic acids is 1. The number of aromatic nitrogens is 1. The van der Waals surface area contributed by atoms with Gasteiger partial charge < -0.3 is 47.2 Å². The number of carbonyl (C=O) groups is 3. The minimum Gasteiger partial charge on any atom is -0.485 e. The number of guanidine groups is 1. The molecule has 1 fully saturated rings. The second kappa shape index (κ2) is 14.6. The molecule has 2 unspecified atom stereocenters. The molecular weight excluding hydrogens is 715 g/mol. The minimum atomic E-state index is -5.03. The molecule has 0 saturated carbocycles. The van der Waals surface area contributed by atoms with E-state index in [1.54, 1.807) is 6.07 Å². The summed E-state index contributed by atoms with van der Waals surface area (Å²) in [6.07, 6.45) is -1.08. The number of thiazole rings is 1. The Hall–Kier alpha value is -4.61. The van der Waals surface area contributed by atoms with Crippen molar-refractivity contribution in [2.24, 2.45) is 15.9 Å². The number of rotatable bonds is 13. The van der Waals surface area contributed by atoms with Crippen LogP contribution in [0.5, 0.6) is 5.75 Å². The predicted molar refractivity (Wildman–Crippen MR) is 181 cm³/mol. The third-order valence-electron chi connectivity index (χ3n) is 8.73. The van der Waals surface area contributed by atoms with Crippen molar-refractivity contribution in [2.45, 2.75) is 68.9 Å². The molecule has 20 nitrogen and oxygen atoms in total. The van der Waals surface area contributed by atoms with Gasteiger partial charge in [-0.3, -0.25) is 19.1 Å². The number of aliphatic hydroxyl groups excluding tert-OH is 1. The van der Waals surface area contributed by atoms with Gasteiger partial charge in [0.2, 0.25) is 0 Å². The number of fused-ring (bicyclic) bond motifs is 1. The molecule has 51 heavy (non-hydrogen) atoms. The van der Waals surface area contributed by atoms with E-state index in [-0.39, 0.29) is 36.3 Å². The number of nitrogens with zero attached hydrogens (tertiary/aromatic N) is 4. The van der Waals surface area contributed by atoms with Crippen LogP contribution < -0.4 is 32.2 Å². The van der Waals surface area contributed by atoms with Crippen LogP contribution in [0.4, 0.5) is 5.13 Å². The zero-order valence-electron chi connectivity index (χ0n) is 27.7. The van der Waals surface area contributed by atoms with Crippen LogP contribution >= 0.6 is 11.3 Å². The fraction of sp³-hybridized carbons (Fsp3) is 0.517. The molecule has 1 saturated heterocycles. The van der Waals surface area contributed by atoms with Crippen molar-refractivity contribution in [1.29, 1.82) is 0 Å². The van der Waals surface area contributed by atoms with Gasteiger partial charge in [0.05, 0.1) is 18.2 Å². The molecule has 3 aliphatic rings. The number of carboxylic acids is 1. The second-order valence-electron chi connectivity index (χ2n) is 12.8. The number of nitrogen functional groups attached to an aromatic ring is 1. The fourth-order valence-electron chi connectivity index (χ4n) is 5.63. The summed E-state index contributed by atoms with van der Waals surface area (Å²) in [5.74, 6) is -2.36. The molecule has 0 bridgehead atoms. The molecule has 10 N–H and O–H groups in total. The van der Waals surface area contributed by atoms with Gasteiger partial charge in [-0.25, -0.2) is 9.78 Å². The molecule has 0 spiro atoms. The number of hydrogen-bond acceptors (Lipinski definition) is 17. The van der Waals surface area contributed by atoms with Crippen LogP contribution in [0.3, 0.4) is 0 Å². The number of aryl methyl sites for hydroxylation is 1. The summed E-state index contributed by atoms with van der Waals surface area (Å²) < 4.78 is 41.8. The van der Waals surface area contributed by atoms with Gasteiger partial charge in [-0.1, -0.05) is 17.3 Å². The highest BCUT2D eigenvalue weighted by Crippen LogP contribution is 2.36. The zero-order chi connectivity index (χ0) is 37.3. The third-order valence-corrected chi connectivity index (χ3v) is 9.74. The van der Waals surface area contributed by atoms with Gasteiger partial charge in [0.15, 0.2) is 22.9 Å². The Bertz CT molecular complexity index is 1850. The number of oxime groups is 1. The first kappa shape index (κ1) is 37.6. The number of carbonyl (C=O) groups excluding carboxylic acids is 2. The van der Waals surface area contributed by atoms with Gasteiger partial charge in [-0.05, 0) is 50.8 Å². The SMILES string of the molecule is CC(O/N=C(/C(=O)N[C@@H]1C(=O)N(OS(=O)(=O)O)C1(C)C)c1csc(N)n1)(C(=O)O)[C@H]1CCc2cc(C3CN=C(NC[C@H](O)CN)NC3)ccc2O1. The lowest BCUT2D eigenvalue weighted by molar-refractivity contribution is -0.218. The number of nitrogens with one attached hydrogen (secondary N) is 3. The summed E-state index contributed by atoms with van der Waals surface area (Å²) in [7, 11) is -5.03. The molecule has 278 valence electrons. The van der Waals surface area contributed by atoms with Gasteiger partial charge in [0, 0.05) is 30.9 Å². The fourth-order valence-corrected chi connectivity index (χ4v) is 6.63. The van der Waals surface area contributed by atoms with E-state index in [9.17, 15) is 33.0 Å². The van der Waals surface area contributed by atoms with Crippen LogP contribution in [0.2, 0.25) is 0 Å². The average molecular weight is 754 g/mol. The van der Waals surface area contributed by atoms with Crippen LogP contribution in [0, 0.1) is 0 Å². The molecule has 2 amide bonds. The Morgan fingerprint density at radius 1 is 1.35 bits per heavy atom. The molecule has 3 aliphatic heterocycles. The lowest BCUT2D eigenvalue weighted by Gasteiger charge is -2.50. The Kier molecular flexibility index (Phi) is 10.7. The van der Waals surface area contributed by atoms with Crippen molar-refractivity contribution >= 4 is 56.3 Å². The van der Waals surface area contributed by atoms with Crippen molar-refractivity contribution in [3.05, 3.63) is 40.4 Å². The Morgan fingerprint density at radius 3 is 2.69 bits per heavy atom. The number of anilines is 1. The largest absolute Gasteiger partial charge is 0.485 e. The maximum Gasteiger partial charge on any atom is 0.418 e. The number of amides is 2. The first-order valence-corrected chi connectivity index (χ1v) is 17.9. The van der Waals surface area contributed by atoms with Crippen molar-refractivity contribution in [3.63, 3.8) is 0 Å². The second-order valence-corrected chi connectivity index (χ2v) is 14.7. The van der Waals surface area contributed by atoms with E-state index >= 15 is 0 Å². The van der Waals surface area contributed by atoms with Crippen molar-refractivity contribution in [2.75, 3.05) is 31.9 Å². The molecule has 0 radical (unpaired) electrons. The Labute approximate surface area is 296 Å². The maximum absolute atomic E-state index is 13.5. The smallest absolute Gasteiger partial charge is 0.418 e. The number of β-lactam (4-membered cyclic amide) rings is 1. The van der Waals surface area contributed by atoms with Gasteiger partial charge in [0.1, 0.15) is 17.5 Å². The Balaban J connectivity index is 1.30. The van der Waals surface area contributed by atoms with E-state index in [0.29, 0.717) is 36.3 Å². The topological polar surface area (TPSA) is 303 Å². The van der Waals surface area contributed by atoms with Crippen LogP contribution in [0.15, 0.2) is 33.7 Å². The third kappa shape index (κ3) is 8.15. The van der Waals surface area contributed by atoms with Gasteiger partial charge >= 0.3 is 16.4 Å². The first-order valence-electron chi connectivity index (χ1n) is 15.7. The van der Waals surface area contributed by atoms with E-state index in [0.717, 1.165) is 22.5 Å². The molecule has 4 heterocycles. The van der Waals surface area contributed by atoms with Gasteiger partial charge in [0.25, 0.3) is 17.4 Å². The van der Waals surface area contributed by atoms with E-state index in [4.69, 9.17) is 25.6 Å². The molecule has 5 rings (SSSR count). The first-order chi connectivity index (χ1) is 23.9. The van der Waals surface area contributed by atoms with Crippen LogP contribution in [0.25, 0.3) is 0 Å². The molecule has 1 aromatic heterocycles. The van der Waals surface area contributed by atoms with E-state index < -0.39 is 63.3 Å². The van der Waals surface area contributed by atoms with Crippen molar-refractivity contribution in [1.82, 2.24) is 26.0 Å². The number of benzene rings is 1. The highest BCUT2D eigenvalue weighted by atomic mass is 32.3. The number of nitrogens with two attached hydrogens (primary N) is 2. The predicted octanol–water partition coefficient (Wildman–Crippen LogP) is -1.52. The monoisotopic (exact) mass is 753 g/mol. The highest BCUT2D eigenvalue weighted by molar-refractivity contribution is 7.80. The molecule has 1 aromatic carbocycles. The number of ether oxygens (including phenoxy) is 1. The summed E-state index contributed by atoms with van der Waals surface area (Å²) in [6.45, 7) is 5.50. The van der Waals surface area contributed by atoms with Crippen molar-refractivity contribution in [3.8, 4) is 5.75 Å². The lowest BCUT2D eigenvalue weighted by atomic mass is 9.84.